The molecule has 0 radical (unpaired) electrons. The minimum atomic E-state index is -3.93. The maximum Gasteiger partial charge on any atom is 0.310 e. The minimum Gasteiger partial charge on any atom is -0.466 e. The van der Waals surface area contributed by atoms with Crippen molar-refractivity contribution in [2.75, 3.05) is 46.9 Å². The van der Waals surface area contributed by atoms with Gasteiger partial charge in [0.15, 0.2) is 0 Å². The van der Waals surface area contributed by atoms with E-state index in [0.29, 0.717) is 24.9 Å². The normalized spacial score (nSPS) is 16.3. The standard InChI is InChI=1S/C21H28N4O6S/c1-4-31-21(28)17-6-5-11-25(13-17)20(27)14-23(2)19(26)15-24(3)32(29,30)18-9-7-16(12-22)8-10-18/h7-10,17H,4-6,11,13-15H2,1-3H3. The lowest BCUT2D eigenvalue weighted by Crippen LogP contribution is -2.48. The number of sulfonamides is 1. The van der Waals surface area contributed by atoms with Crippen molar-refractivity contribution in [2.45, 2.75) is 24.7 Å². The zero-order valence-corrected chi connectivity index (χ0v) is 19.3. The molecule has 1 saturated heterocycles. The zero-order valence-electron chi connectivity index (χ0n) is 18.5. The molecule has 1 unspecified atom stereocenters. The summed E-state index contributed by atoms with van der Waals surface area (Å²) in [6, 6.07) is 7.29. The van der Waals surface area contributed by atoms with Gasteiger partial charge in [0, 0.05) is 27.2 Å². The van der Waals surface area contributed by atoms with Crippen LogP contribution in [0.5, 0.6) is 0 Å². The van der Waals surface area contributed by atoms with E-state index in [4.69, 9.17) is 10.00 Å². The second-order valence-electron chi connectivity index (χ2n) is 7.58. The van der Waals surface area contributed by atoms with Crippen LogP contribution < -0.4 is 0 Å². The van der Waals surface area contributed by atoms with E-state index in [1.54, 1.807) is 6.92 Å². The number of benzene rings is 1. The van der Waals surface area contributed by atoms with Crippen molar-refractivity contribution in [3.8, 4) is 6.07 Å². The fourth-order valence-electron chi connectivity index (χ4n) is 3.32. The molecular weight excluding hydrogens is 436 g/mol. The Bertz CT molecular complexity index is 987. The number of likely N-dealkylation sites (N-methyl/N-ethyl adjacent to an activating group) is 2. The van der Waals surface area contributed by atoms with Crippen LogP contribution >= 0.6 is 0 Å². The van der Waals surface area contributed by atoms with Gasteiger partial charge in [-0.05, 0) is 44.0 Å². The highest BCUT2D eigenvalue weighted by atomic mass is 32.2. The van der Waals surface area contributed by atoms with Gasteiger partial charge in [-0.15, -0.1) is 0 Å². The van der Waals surface area contributed by atoms with Gasteiger partial charge in [-0.3, -0.25) is 14.4 Å². The smallest absolute Gasteiger partial charge is 0.310 e. The van der Waals surface area contributed by atoms with E-state index >= 15 is 0 Å². The van der Waals surface area contributed by atoms with Crippen molar-refractivity contribution in [1.29, 1.82) is 5.26 Å². The molecule has 174 valence electrons. The lowest BCUT2D eigenvalue weighted by Gasteiger charge is -2.32. The number of amides is 2. The average molecular weight is 465 g/mol. The number of hydrogen-bond donors (Lipinski definition) is 0. The summed E-state index contributed by atoms with van der Waals surface area (Å²) in [5.41, 5.74) is 0.323. The first kappa shape index (κ1) is 25.3. The number of nitriles is 1. The van der Waals surface area contributed by atoms with Crippen LogP contribution in [-0.2, 0) is 29.1 Å². The summed E-state index contributed by atoms with van der Waals surface area (Å²) in [4.78, 5) is 39.8. The summed E-state index contributed by atoms with van der Waals surface area (Å²) in [7, 11) is -1.23. The highest BCUT2D eigenvalue weighted by Crippen LogP contribution is 2.18. The quantitative estimate of drug-likeness (QED) is 0.511. The van der Waals surface area contributed by atoms with Gasteiger partial charge in [0.25, 0.3) is 0 Å². The highest BCUT2D eigenvalue weighted by Gasteiger charge is 2.31. The minimum absolute atomic E-state index is 0.0381. The lowest BCUT2D eigenvalue weighted by molar-refractivity contribution is -0.152. The monoisotopic (exact) mass is 464 g/mol. The summed E-state index contributed by atoms with van der Waals surface area (Å²) in [6.07, 6.45) is 1.31. The molecule has 1 atom stereocenters. The van der Waals surface area contributed by atoms with Gasteiger partial charge in [0.1, 0.15) is 0 Å². The van der Waals surface area contributed by atoms with E-state index in [2.05, 4.69) is 0 Å². The molecule has 0 spiro atoms. The Hall–Kier alpha value is -2.97. The molecule has 0 N–H and O–H groups in total. The van der Waals surface area contributed by atoms with Gasteiger partial charge in [0.2, 0.25) is 21.8 Å². The van der Waals surface area contributed by atoms with Crippen LogP contribution in [0.4, 0.5) is 0 Å². The summed E-state index contributed by atoms with van der Waals surface area (Å²) < 4.78 is 31.3. The topological polar surface area (TPSA) is 128 Å². The molecule has 0 aromatic heterocycles. The molecule has 0 saturated carbocycles. The number of nitrogens with zero attached hydrogens (tertiary/aromatic N) is 4. The summed E-state index contributed by atoms with van der Waals surface area (Å²) >= 11 is 0. The number of rotatable bonds is 8. The Morgan fingerprint density at radius 1 is 1.19 bits per heavy atom. The van der Waals surface area contributed by atoms with Gasteiger partial charge >= 0.3 is 5.97 Å². The maximum absolute atomic E-state index is 12.7. The van der Waals surface area contributed by atoms with Gasteiger partial charge in [-0.25, -0.2) is 8.42 Å². The van der Waals surface area contributed by atoms with E-state index in [1.807, 2.05) is 6.07 Å². The van der Waals surface area contributed by atoms with Gasteiger partial charge in [0.05, 0.1) is 42.1 Å². The average Bonchev–Trinajstić information content (AvgIpc) is 2.79. The molecule has 1 fully saturated rings. The maximum atomic E-state index is 12.7. The number of ether oxygens (including phenoxy) is 1. The van der Waals surface area contributed by atoms with Gasteiger partial charge in [-0.2, -0.15) is 9.57 Å². The number of likely N-dealkylation sites (tertiary alicyclic amines) is 1. The van der Waals surface area contributed by atoms with Gasteiger partial charge < -0.3 is 14.5 Å². The predicted octanol–water partition coefficient (Wildman–Crippen LogP) is 0.439. The molecule has 1 aliphatic rings. The van der Waals surface area contributed by atoms with Crippen molar-refractivity contribution in [3.63, 3.8) is 0 Å². The van der Waals surface area contributed by atoms with Crippen LogP contribution in [0.25, 0.3) is 0 Å². The third-order valence-corrected chi connectivity index (χ3v) is 7.06. The molecule has 10 nitrogen and oxygen atoms in total. The predicted molar refractivity (Wildman–Crippen MR) is 115 cm³/mol. The Labute approximate surface area is 188 Å². The van der Waals surface area contributed by atoms with Crippen LogP contribution in [0.2, 0.25) is 0 Å². The van der Waals surface area contributed by atoms with Crippen molar-refractivity contribution in [1.82, 2.24) is 14.1 Å². The lowest BCUT2D eigenvalue weighted by atomic mass is 9.98. The fraction of sp³-hybridized carbons (Fsp3) is 0.524. The molecule has 1 heterocycles. The second kappa shape index (κ2) is 11.1. The first-order valence-corrected chi connectivity index (χ1v) is 11.7. The highest BCUT2D eigenvalue weighted by molar-refractivity contribution is 7.89. The Morgan fingerprint density at radius 3 is 2.44 bits per heavy atom. The molecule has 2 rings (SSSR count). The van der Waals surface area contributed by atoms with Crippen LogP contribution in [0.15, 0.2) is 29.2 Å². The Balaban J connectivity index is 1.94. The van der Waals surface area contributed by atoms with E-state index in [0.717, 1.165) is 4.31 Å². The van der Waals surface area contributed by atoms with Gasteiger partial charge in [-0.1, -0.05) is 0 Å². The third kappa shape index (κ3) is 6.27. The fourth-order valence-corrected chi connectivity index (χ4v) is 4.45. The zero-order chi connectivity index (χ0) is 23.9. The largest absolute Gasteiger partial charge is 0.466 e. The molecular formula is C21H28N4O6S. The molecule has 1 aromatic rings. The number of piperidine rings is 1. The summed E-state index contributed by atoms with van der Waals surface area (Å²) in [5.74, 6) is -1.56. The van der Waals surface area contributed by atoms with E-state index in [9.17, 15) is 22.8 Å². The van der Waals surface area contributed by atoms with Crippen LogP contribution in [-0.4, -0.2) is 87.2 Å². The summed E-state index contributed by atoms with van der Waals surface area (Å²) in [5, 5.41) is 8.84. The molecule has 2 amide bonds. The van der Waals surface area contributed by atoms with E-state index in [-0.39, 0.29) is 42.4 Å². The Morgan fingerprint density at radius 2 is 1.84 bits per heavy atom. The molecule has 32 heavy (non-hydrogen) atoms. The number of esters is 1. The van der Waals surface area contributed by atoms with Crippen molar-refractivity contribution >= 4 is 27.8 Å². The van der Waals surface area contributed by atoms with Crippen LogP contribution in [0, 0.1) is 17.2 Å². The SMILES string of the molecule is CCOC(=O)C1CCCN(C(=O)CN(C)C(=O)CN(C)S(=O)(=O)c2ccc(C#N)cc2)C1. The molecule has 0 aliphatic carbocycles. The number of carbonyl (C=O) groups is 3. The second-order valence-corrected chi connectivity index (χ2v) is 9.62. The van der Waals surface area contributed by atoms with E-state index < -0.39 is 22.5 Å². The molecule has 1 aromatic carbocycles. The van der Waals surface area contributed by atoms with Crippen LogP contribution in [0.1, 0.15) is 25.3 Å². The van der Waals surface area contributed by atoms with Crippen LogP contribution in [0.3, 0.4) is 0 Å². The van der Waals surface area contributed by atoms with E-state index in [1.165, 1.54) is 48.2 Å². The number of carbonyl (C=O) groups excluding carboxylic acids is 3. The first-order valence-electron chi connectivity index (χ1n) is 10.2. The Kier molecular flexibility index (Phi) is 8.74. The molecule has 0 bridgehead atoms. The molecule has 11 heteroatoms. The van der Waals surface area contributed by atoms with Crippen molar-refractivity contribution < 1.29 is 27.5 Å². The first-order chi connectivity index (χ1) is 15.1. The third-order valence-electron chi connectivity index (χ3n) is 5.24. The van der Waals surface area contributed by atoms with Crippen molar-refractivity contribution in [3.05, 3.63) is 29.8 Å². The summed E-state index contributed by atoms with van der Waals surface area (Å²) in [6.45, 7) is 2.06. The van der Waals surface area contributed by atoms with Crippen molar-refractivity contribution in [2.24, 2.45) is 5.92 Å². The number of hydrogen-bond acceptors (Lipinski definition) is 7. The molecule has 1 aliphatic heterocycles.